The van der Waals surface area contributed by atoms with Crippen molar-refractivity contribution in [1.82, 2.24) is 4.90 Å². The van der Waals surface area contributed by atoms with Gasteiger partial charge >= 0.3 is 0 Å². The van der Waals surface area contributed by atoms with Gasteiger partial charge in [-0.1, -0.05) is 0 Å². The van der Waals surface area contributed by atoms with Crippen molar-refractivity contribution in [3.05, 3.63) is 12.0 Å². The molecule has 0 spiro atoms. The highest BCUT2D eigenvalue weighted by Gasteiger charge is 2.00. The lowest BCUT2D eigenvalue weighted by Gasteiger charge is -2.17. The summed E-state index contributed by atoms with van der Waals surface area (Å²) < 4.78 is 0. The molecular formula is C8H22N4O3. The van der Waals surface area contributed by atoms with Gasteiger partial charge < -0.3 is 32.5 Å². The molecule has 0 rings (SSSR count). The van der Waals surface area contributed by atoms with E-state index < -0.39 is 0 Å². The summed E-state index contributed by atoms with van der Waals surface area (Å²) in [6.45, 7) is 1.75. The van der Waals surface area contributed by atoms with Crippen LogP contribution in [0.3, 0.4) is 0 Å². The lowest BCUT2D eigenvalue weighted by Crippen LogP contribution is -2.32. The third kappa shape index (κ3) is 15.7. The van der Waals surface area contributed by atoms with Gasteiger partial charge in [-0.25, -0.2) is 0 Å². The molecule has 15 heavy (non-hydrogen) atoms. The Kier molecular flexibility index (Phi) is 14.2. The molecule has 0 aromatic carbocycles. The first kappa shape index (κ1) is 16.4. The van der Waals surface area contributed by atoms with Crippen LogP contribution >= 0.6 is 0 Å². The Morgan fingerprint density at radius 1 is 0.933 bits per heavy atom. The second kappa shape index (κ2) is 13.0. The van der Waals surface area contributed by atoms with Gasteiger partial charge in [-0.05, 0) is 0 Å². The van der Waals surface area contributed by atoms with Gasteiger partial charge in [-0.2, -0.15) is 0 Å². The van der Waals surface area contributed by atoms with Crippen LogP contribution < -0.4 is 17.2 Å². The van der Waals surface area contributed by atoms with Gasteiger partial charge in [0, 0.05) is 25.8 Å². The van der Waals surface area contributed by atoms with Crippen LogP contribution in [0.15, 0.2) is 12.0 Å². The molecule has 0 saturated heterocycles. The zero-order chi connectivity index (χ0) is 12.1. The van der Waals surface area contributed by atoms with E-state index in [0.29, 0.717) is 19.6 Å². The fourth-order valence-electron chi connectivity index (χ4n) is 0.760. The monoisotopic (exact) mass is 222 g/mol. The first-order chi connectivity index (χ1) is 7.12. The minimum Gasteiger partial charge on any atom is -0.402 e. The van der Waals surface area contributed by atoms with E-state index >= 15 is 0 Å². The molecule has 0 amide bonds. The molecule has 7 heteroatoms. The average Bonchev–Trinajstić information content (AvgIpc) is 2.20. The summed E-state index contributed by atoms with van der Waals surface area (Å²) in [6, 6.07) is 0. The Labute approximate surface area is 89.8 Å². The van der Waals surface area contributed by atoms with Crippen molar-refractivity contribution >= 4 is 0 Å². The quantitative estimate of drug-likeness (QED) is 0.280. The summed E-state index contributed by atoms with van der Waals surface area (Å²) in [4.78, 5) is 1.79. The summed E-state index contributed by atoms with van der Waals surface area (Å²) in [6.07, 6.45) is 1.14. The van der Waals surface area contributed by atoms with Crippen LogP contribution in [0.25, 0.3) is 0 Å². The second-order valence-electron chi connectivity index (χ2n) is 2.68. The minimum atomic E-state index is 0.0694. The van der Waals surface area contributed by atoms with E-state index in [1.165, 1.54) is 0 Å². The van der Waals surface area contributed by atoms with Crippen molar-refractivity contribution in [3.63, 3.8) is 0 Å². The first-order valence-electron chi connectivity index (χ1n) is 4.60. The van der Waals surface area contributed by atoms with Gasteiger partial charge in [0.2, 0.25) is 0 Å². The fourth-order valence-corrected chi connectivity index (χ4v) is 0.760. The molecule has 0 unspecified atom stereocenters. The highest BCUT2D eigenvalue weighted by atomic mass is 16.3. The van der Waals surface area contributed by atoms with Gasteiger partial charge in [0.25, 0.3) is 0 Å². The molecule has 0 heterocycles. The molecule has 0 bridgehead atoms. The molecule has 0 radical (unpaired) electrons. The Morgan fingerprint density at radius 3 is 1.33 bits per heavy atom. The predicted molar refractivity (Wildman–Crippen MR) is 58.3 cm³/mol. The van der Waals surface area contributed by atoms with Crippen molar-refractivity contribution < 1.29 is 15.3 Å². The van der Waals surface area contributed by atoms with E-state index in [1.54, 1.807) is 4.90 Å². The molecule has 0 aromatic rings. The van der Waals surface area contributed by atoms with Crippen molar-refractivity contribution in [2.45, 2.75) is 0 Å². The second-order valence-corrected chi connectivity index (χ2v) is 2.68. The van der Waals surface area contributed by atoms with Crippen molar-refractivity contribution in [2.24, 2.45) is 17.2 Å². The maximum Gasteiger partial charge on any atom is 0.109 e. The average molecular weight is 222 g/mol. The molecule has 0 aliphatic heterocycles. The molecule has 0 aromatic heterocycles. The third-order valence-electron chi connectivity index (χ3n) is 1.44. The van der Waals surface area contributed by atoms with E-state index in [9.17, 15) is 0 Å². The highest BCUT2D eigenvalue weighted by Crippen LogP contribution is 1.84. The van der Waals surface area contributed by atoms with E-state index in [4.69, 9.17) is 32.5 Å². The Bertz CT molecular complexity index is 137. The van der Waals surface area contributed by atoms with Crippen LogP contribution in [0.4, 0.5) is 0 Å². The van der Waals surface area contributed by atoms with Crippen LogP contribution in [0.1, 0.15) is 0 Å². The number of hydrogen-bond acceptors (Lipinski definition) is 7. The van der Waals surface area contributed by atoms with E-state index in [0.717, 1.165) is 6.20 Å². The normalized spacial score (nSPS) is 9.33. The summed E-state index contributed by atoms with van der Waals surface area (Å²) in [5.74, 6) is 0.157. The Hall–Kier alpha value is -1.02. The number of hydrogen-bond donors (Lipinski definition) is 6. The number of nitrogens with zero attached hydrogens (tertiary/aromatic N) is 1. The lowest BCUT2D eigenvalue weighted by molar-refractivity contribution is 0.136. The van der Waals surface area contributed by atoms with Crippen LogP contribution in [0.5, 0.6) is 0 Å². The molecule has 9 N–H and O–H groups in total. The van der Waals surface area contributed by atoms with Gasteiger partial charge in [0.1, 0.15) is 5.82 Å². The Balaban J connectivity index is 0. The standard InChI is InChI=1S/C6H15NO3.C2H7N3/c8-4-1-7(2-5-9)3-6-10;3-1-2(4)5/h8-10H,1-6H2;1H,3-5H2. The van der Waals surface area contributed by atoms with E-state index in [2.05, 4.69) is 0 Å². The van der Waals surface area contributed by atoms with Crippen LogP contribution in [-0.2, 0) is 0 Å². The number of nitrogens with two attached hydrogens (primary N) is 3. The SMILES string of the molecule is NC=C(N)N.OCCN(CCO)CCO. The number of rotatable bonds is 6. The summed E-state index contributed by atoms with van der Waals surface area (Å²) >= 11 is 0. The lowest BCUT2D eigenvalue weighted by atomic mass is 10.4. The van der Waals surface area contributed by atoms with Crippen molar-refractivity contribution in [3.8, 4) is 0 Å². The highest BCUT2D eigenvalue weighted by molar-refractivity contribution is 4.83. The van der Waals surface area contributed by atoms with Crippen LogP contribution in [0, 0.1) is 0 Å². The molecule has 0 saturated carbocycles. The molecule has 7 nitrogen and oxygen atoms in total. The van der Waals surface area contributed by atoms with Crippen LogP contribution in [-0.4, -0.2) is 59.7 Å². The third-order valence-corrected chi connectivity index (χ3v) is 1.44. The fraction of sp³-hybridized carbons (Fsp3) is 0.750. The zero-order valence-electron chi connectivity index (χ0n) is 8.84. The first-order valence-corrected chi connectivity index (χ1v) is 4.60. The Morgan fingerprint density at radius 2 is 1.20 bits per heavy atom. The molecule has 0 atom stereocenters. The molecule has 92 valence electrons. The van der Waals surface area contributed by atoms with Gasteiger partial charge in [0.05, 0.1) is 19.8 Å². The smallest absolute Gasteiger partial charge is 0.109 e. The number of aliphatic hydroxyl groups is 3. The van der Waals surface area contributed by atoms with E-state index in [-0.39, 0.29) is 25.6 Å². The summed E-state index contributed by atoms with van der Waals surface area (Å²) in [5.41, 5.74) is 14.4. The summed E-state index contributed by atoms with van der Waals surface area (Å²) in [7, 11) is 0. The summed E-state index contributed by atoms with van der Waals surface area (Å²) in [5, 5.41) is 25.5. The predicted octanol–water partition coefficient (Wildman–Crippen LogP) is -3.07. The maximum absolute atomic E-state index is 8.48. The molecule has 0 aliphatic carbocycles. The van der Waals surface area contributed by atoms with E-state index in [1.807, 2.05) is 0 Å². The van der Waals surface area contributed by atoms with Crippen molar-refractivity contribution in [2.75, 3.05) is 39.5 Å². The largest absolute Gasteiger partial charge is 0.402 e. The topological polar surface area (TPSA) is 142 Å². The van der Waals surface area contributed by atoms with Gasteiger partial charge in [-0.15, -0.1) is 0 Å². The molecule has 0 fully saturated rings. The van der Waals surface area contributed by atoms with Gasteiger partial charge in [-0.3, -0.25) is 4.90 Å². The maximum atomic E-state index is 8.48. The van der Waals surface area contributed by atoms with Crippen molar-refractivity contribution in [1.29, 1.82) is 0 Å². The zero-order valence-corrected chi connectivity index (χ0v) is 8.84. The number of aliphatic hydroxyl groups excluding tert-OH is 3. The van der Waals surface area contributed by atoms with Gasteiger partial charge in [0.15, 0.2) is 0 Å². The molecule has 0 aliphatic rings. The minimum absolute atomic E-state index is 0.0694. The van der Waals surface area contributed by atoms with Crippen LogP contribution in [0.2, 0.25) is 0 Å². The molecular weight excluding hydrogens is 200 g/mol.